The van der Waals surface area contributed by atoms with Gasteiger partial charge < -0.3 is 10.6 Å². The van der Waals surface area contributed by atoms with E-state index in [2.05, 4.69) is 11.8 Å². The summed E-state index contributed by atoms with van der Waals surface area (Å²) in [5.41, 5.74) is 6.00. The van der Waals surface area contributed by atoms with E-state index < -0.39 is 0 Å². The van der Waals surface area contributed by atoms with Crippen molar-refractivity contribution in [3.63, 3.8) is 0 Å². The van der Waals surface area contributed by atoms with Crippen LogP contribution in [-0.4, -0.2) is 30.1 Å². The summed E-state index contributed by atoms with van der Waals surface area (Å²) in [6.45, 7) is 4.85. The van der Waals surface area contributed by atoms with Gasteiger partial charge in [-0.2, -0.15) is 0 Å². The molecule has 0 aromatic heterocycles. The average molecular weight is 238 g/mol. The van der Waals surface area contributed by atoms with E-state index in [-0.39, 0.29) is 0 Å². The topological polar surface area (TPSA) is 29.3 Å². The zero-order valence-corrected chi connectivity index (χ0v) is 11.5. The van der Waals surface area contributed by atoms with Crippen molar-refractivity contribution < 1.29 is 0 Å². The molecule has 0 aromatic carbocycles. The Balaban J connectivity index is 1.74. The maximum Gasteiger partial charge on any atom is 0.0123 e. The Hall–Kier alpha value is -0.0800. The van der Waals surface area contributed by atoms with Crippen LogP contribution < -0.4 is 5.73 Å². The van der Waals surface area contributed by atoms with Gasteiger partial charge in [0.2, 0.25) is 0 Å². The number of piperidine rings is 1. The summed E-state index contributed by atoms with van der Waals surface area (Å²) in [5.74, 6) is 1.03. The number of hydrogen-bond donors (Lipinski definition) is 1. The van der Waals surface area contributed by atoms with Crippen molar-refractivity contribution in [2.45, 2.75) is 76.8 Å². The Morgan fingerprint density at radius 1 is 1.18 bits per heavy atom. The molecule has 1 aliphatic heterocycles. The van der Waals surface area contributed by atoms with Crippen molar-refractivity contribution in [1.29, 1.82) is 0 Å². The van der Waals surface area contributed by atoms with Crippen LogP contribution in [0.3, 0.4) is 0 Å². The quantitative estimate of drug-likeness (QED) is 0.797. The molecular weight excluding hydrogens is 208 g/mol. The van der Waals surface area contributed by atoms with Gasteiger partial charge in [0.1, 0.15) is 0 Å². The summed E-state index contributed by atoms with van der Waals surface area (Å²) in [4.78, 5) is 2.79. The van der Waals surface area contributed by atoms with E-state index in [9.17, 15) is 0 Å². The lowest BCUT2D eigenvalue weighted by atomic mass is 9.78. The van der Waals surface area contributed by atoms with Gasteiger partial charge in [0.25, 0.3) is 0 Å². The lowest BCUT2D eigenvalue weighted by Gasteiger charge is -2.44. The molecule has 0 radical (unpaired) electrons. The van der Waals surface area contributed by atoms with Crippen LogP contribution in [0.4, 0.5) is 0 Å². The zero-order chi connectivity index (χ0) is 12.1. The van der Waals surface area contributed by atoms with Gasteiger partial charge >= 0.3 is 0 Å². The first-order valence-electron chi connectivity index (χ1n) is 7.81. The van der Waals surface area contributed by atoms with Crippen molar-refractivity contribution in [3.05, 3.63) is 0 Å². The predicted octanol–water partition coefficient (Wildman–Crippen LogP) is 3.16. The molecule has 1 saturated carbocycles. The molecule has 2 aliphatic rings. The van der Waals surface area contributed by atoms with Crippen LogP contribution in [-0.2, 0) is 0 Å². The third-order valence-electron chi connectivity index (χ3n) is 4.90. The highest BCUT2D eigenvalue weighted by molar-refractivity contribution is 4.87. The molecule has 2 nitrogen and oxygen atoms in total. The molecule has 0 spiro atoms. The van der Waals surface area contributed by atoms with Crippen LogP contribution in [0.2, 0.25) is 0 Å². The monoisotopic (exact) mass is 238 g/mol. The van der Waals surface area contributed by atoms with E-state index in [0.29, 0.717) is 6.04 Å². The molecule has 0 bridgehead atoms. The Morgan fingerprint density at radius 3 is 2.76 bits per heavy atom. The molecule has 1 heterocycles. The lowest BCUT2D eigenvalue weighted by Crippen LogP contribution is -2.47. The number of fused-ring (bicyclic) bond motifs is 1. The van der Waals surface area contributed by atoms with Crippen LogP contribution in [0.1, 0.15) is 64.7 Å². The minimum absolute atomic E-state index is 0.432. The molecule has 17 heavy (non-hydrogen) atoms. The van der Waals surface area contributed by atoms with Gasteiger partial charge in [-0.05, 0) is 64.0 Å². The number of likely N-dealkylation sites (tertiary alicyclic amines) is 1. The lowest BCUT2D eigenvalue weighted by molar-refractivity contribution is 0.0592. The molecule has 100 valence electrons. The van der Waals surface area contributed by atoms with Crippen molar-refractivity contribution in [2.75, 3.05) is 13.1 Å². The van der Waals surface area contributed by atoms with E-state index >= 15 is 0 Å². The van der Waals surface area contributed by atoms with Crippen molar-refractivity contribution in [1.82, 2.24) is 4.90 Å². The summed E-state index contributed by atoms with van der Waals surface area (Å²) < 4.78 is 0. The third kappa shape index (κ3) is 3.69. The maximum absolute atomic E-state index is 6.00. The Morgan fingerprint density at radius 2 is 1.94 bits per heavy atom. The second-order valence-corrected chi connectivity index (χ2v) is 6.10. The Kier molecular flexibility index (Phi) is 5.30. The van der Waals surface area contributed by atoms with E-state index in [0.717, 1.165) is 18.4 Å². The normalized spacial score (nSPS) is 32.1. The zero-order valence-electron chi connectivity index (χ0n) is 11.5. The molecule has 0 amide bonds. The third-order valence-corrected chi connectivity index (χ3v) is 4.90. The average Bonchev–Trinajstić information content (AvgIpc) is 2.39. The van der Waals surface area contributed by atoms with Crippen molar-refractivity contribution >= 4 is 0 Å². The molecule has 2 rings (SSSR count). The molecule has 3 atom stereocenters. The molecule has 2 fully saturated rings. The molecule has 1 saturated heterocycles. The Bertz CT molecular complexity index is 215. The fourth-order valence-electron chi connectivity index (χ4n) is 3.77. The van der Waals surface area contributed by atoms with Crippen LogP contribution in [0, 0.1) is 5.92 Å². The highest BCUT2D eigenvalue weighted by atomic mass is 15.2. The van der Waals surface area contributed by atoms with Gasteiger partial charge in [-0.25, -0.2) is 0 Å². The Labute approximate surface area is 107 Å². The maximum atomic E-state index is 6.00. The first-order chi connectivity index (χ1) is 8.31. The van der Waals surface area contributed by atoms with E-state index in [1.807, 2.05) is 0 Å². The number of rotatable bonds is 5. The number of hydrogen-bond acceptors (Lipinski definition) is 2. The fourth-order valence-corrected chi connectivity index (χ4v) is 3.77. The largest absolute Gasteiger partial charge is 0.328 e. The summed E-state index contributed by atoms with van der Waals surface area (Å²) in [6, 6.07) is 1.36. The van der Waals surface area contributed by atoms with Crippen LogP contribution >= 0.6 is 0 Å². The predicted molar refractivity (Wildman–Crippen MR) is 74.1 cm³/mol. The van der Waals surface area contributed by atoms with Gasteiger partial charge in [0, 0.05) is 12.1 Å². The molecule has 1 aliphatic carbocycles. The molecule has 1 unspecified atom stereocenters. The van der Waals surface area contributed by atoms with Gasteiger partial charge in [-0.1, -0.05) is 19.8 Å². The highest BCUT2D eigenvalue weighted by Crippen LogP contribution is 2.35. The molecule has 2 N–H and O–H groups in total. The molecule has 0 aromatic rings. The van der Waals surface area contributed by atoms with Gasteiger partial charge in [0.05, 0.1) is 0 Å². The summed E-state index contributed by atoms with van der Waals surface area (Å²) in [5, 5.41) is 0. The molecular formula is C15H30N2. The van der Waals surface area contributed by atoms with Crippen LogP contribution in [0.5, 0.6) is 0 Å². The molecule has 2 heteroatoms. The minimum atomic E-state index is 0.432. The van der Waals surface area contributed by atoms with Crippen molar-refractivity contribution in [3.8, 4) is 0 Å². The minimum Gasteiger partial charge on any atom is -0.328 e. The standard InChI is InChI=1S/C15H30N2/c1-2-14(16)9-6-12-17-11-5-8-13-7-3-4-10-15(13)17/h13-15H,2-12,16H2,1H3/t13-,14?,15-/m1/s1. The van der Waals surface area contributed by atoms with E-state index in [4.69, 9.17) is 5.73 Å². The van der Waals surface area contributed by atoms with Crippen molar-refractivity contribution in [2.24, 2.45) is 11.7 Å². The van der Waals surface area contributed by atoms with E-state index in [1.165, 1.54) is 64.5 Å². The summed E-state index contributed by atoms with van der Waals surface area (Å²) in [7, 11) is 0. The van der Waals surface area contributed by atoms with Crippen LogP contribution in [0.15, 0.2) is 0 Å². The van der Waals surface area contributed by atoms with Gasteiger partial charge in [-0.15, -0.1) is 0 Å². The first kappa shape index (κ1) is 13.4. The highest BCUT2D eigenvalue weighted by Gasteiger charge is 2.32. The number of nitrogens with two attached hydrogens (primary N) is 1. The summed E-state index contributed by atoms with van der Waals surface area (Å²) in [6.07, 6.45) is 12.5. The number of nitrogens with zero attached hydrogens (tertiary/aromatic N) is 1. The second kappa shape index (κ2) is 6.75. The summed E-state index contributed by atoms with van der Waals surface area (Å²) >= 11 is 0. The smallest absolute Gasteiger partial charge is 0.0123 e. The fraction of sp³-hybridized carbons (Fsp3) is 1.00. The van der Waals surface area contributed by atoms with E-state index in [1.54, 1.807) is 0 Å². The van der Waals surface area contributed by atoms with Crippen LogP contribution in [0.25, 0.3) is 0 Å². The first-order valence-corrected chi connectivity index (χ1v) is 7.81. The van der Waals surface area contributed by atoms with Gasteiger partial charge in [-0.3, -0.25) is 0 Å². The second-order valence-electron chi connectivity index (χ2n) is 6.10. The van der Waals surface area contributed by atoms with Gasteiger partial charge in [0.15, 0.2) is 0 Å². The SMILES string of the molecule is CCC(N)CCCN1CCC[C@H]2CCCC[C@H]21.